The molecule has 0 radical (unpaired) electrons. The van der Waals surface area contributed by atoms with Crippen molar-refractivity contribution in [2.24, 2.45) is 0 Å². The zero-order valence-corrected chi connectivity index (χ0v) is 30.3. The summed E-state index contributed by atoms with van der Waals surface area (Å²) in [5, 5.41) is 0. The molecule has 11 rings (SSSR count). The second-order valence-corrected chi connectivity index (χ2v) is 14.3. The predicted octanol–water partition coefficient (Wildman–Crippen LogP) is 12.7. The number of hydrogen-bond donors (Lipinski definition) is 0. The lowest BCUT2D eigenvalue weighted by Gasteiger charge is -2.39. The van der Waals surface area contributed by atoms with Crippen molar-refractivity contribution in [3.05, 3.63) is 222 Å². The quantitative estimate of drug-likeness (QED) is 0.178. The van der Waals surface area contributed by atoms with Crippen LogP contribution in [0.5, 0.6) is 11.5 Å². The van der Waals surface area contributed by atoms with E-state index in [4.69, 9.17) is 19.7 Å². The van der Waals surface area contributed by atoms with Crippen LogP contribution in [-0.2, 0) is 5.41 Å². The fourth-order valence-corrected chi connectivity index (χ4v) is 8.73. The maximum atomic E-state index is 6.57. The third-order valence-electron chi connectivity index (χ3n) is 11.2. The summed E-state index contributed by atoms with van der Waals surface area (Å²) in [5.74, 6) is 3.62. The topological polar surface area (TPSA) is 47.9 Å². The summed E-state index contributed by atoms with van der Waals surface area (Å²) >= 11 is 0. The fraction of sp³-hybridized carbons (Fsp3) is 0.0192. The molecule has 1 aromatic heterocycles. The highest BCUT2D eigenvalue weighted by atomic mass is 16.5. The Bertz CT molecular complexity index is 2880. The van der Waals surface area contributed by atoms with Gasteiger partial charge in [-0.15, -0.1) is 0 Å². The maximum absolute atomic E-state index is 6.57. The van der Waals surface area contributed by atoms with Gasteiger partial charge >= 0.3 is 0 Å². The first-order valence-electron chi connectivity index (χ1n) is 18.9. The van der Waals surface area contributed by atoms with Gasteiger partial charge in [0.1, 0.15) is 11.5 Å². The Kier molecular flexibility index (Phi) is 7.36. The van der Waals surface area contributed by atoms with Crippen molar-refractivity contribution in [2.75, 3.05) is 0 Å². The smallest absolute Gasteiger partial charge is 0.164 e. The third kappa shape index (κ3) is 4.96. The van der Waals surface area contributed by atoms with Crippen LogP contribution in [0.4, 0.5) is 0 Å². The average molecular weight is 716 g/mol. The predicted molar refractivity (Wildman–Crippen MR) is 224 cm³/mol. The Morgan fingerprint density at radius 3 is 1.27 bits per heavy atom. The van der Waals surface area contributed by atoms with E-state index in [9.17, 15) is 0 Å². The van der Waals surface area contributed by atoms with Crippen molar-refractivity contribution in [3.63, 3.8) is 0 Å². The molecular weight excluding hydrogens is 683 g/mol. The molecule has 0 amide bonds. The minimum atomic E-state index is -0.583. The van der Waals surface area contributed by atoms with Gasteiger partial charge in [0.15, 0.2) is 17.5 Å². The van der Waals surface area contributed by atoms with E-state index in [0.29, 0.717) is 17.5 Å². The molecule has 8 aromatic carbocycles. The van der Waals surface area contributed by atoms with E-state index in [1.807, 2.05) is 36.4 Å². The molecule has 0 fully saturated rings. The molecule has 56 heavy (non-hydrogen) atoms. The van der Waals surface area contributed by atoms with Crippen molar-refractivity contribution in [1.82, 2.24) is 15.0 Å². The highest BCUT2D eigenvalue weighted by molar-refractivity contribution is 5.95. The maximum Gasteiger partial charge on any atom is 0.164 e. The van der Waals surface area contributed by atoms with Gasteiger partial charge in [-0.25, -0.2) is 15.0 Å². The minimum Gasteiger partial charge on any atom is -0.457 e. The van der Waals surface area contributed by atoms with Crippen LogP contribution < -0.4 is 4.74 Å². The molecule has 2 aliphatic rings. The van der Waals surface area contributed by atoms with Crippen molar-refractivity contribution < 1.29 is 4.74 Å². The van der Waals surface area contributed by atoms with Crippen LogP contribution in [0.2, 0.25) is 0 Å². The second kappa shape index (κ2) is 12.9. The Hall–Kier alpha value is -7.43. The lowest BCUT2D eigenvalue weighted by molar-refractivity contribution is 0.436. The number of aromatic nitrogens is 3. The molecule has 4 nitrogen and oxygen atoms in total. The van der Waals surface area contributed by atoms with Crippen molar-refractivity contribution in [2.45, 2.75) is 5.41 Å². The monoisotopic (exact) mass is 715 g/mol. The number of para-hydroxylation sites is 2. The first-order chi connectivity index (χ1) is 27.8. The molecule has 4 heteroatoms. The van der Waals surface area contributed by atoms with Crippen molar-refractivity contribution in [3.8, 4) is 79.0 Å². The first-order valence-corrected chi connectivity index (χ1v) is 18.9. The molecule has 0 unspecified atom stereocenters. The normalized spacial score (nSPS) is 12.9. The summed E-state index contributed by atoms with van der Waals surface area (Å²) in [6, 6.07) is 70.1. The Balaban J connectivity index is 1.08. The lowest BCUT2D eigenvalue weighted by atomic mass is 9.66. The summed E-state index contributed by atoms with van der Waals surface area (Å²) in [7, 11) is 0. The number of benzene rings is 8. The van der Waals surface area contributed by atoms with Crippen molar-refractivity contribution in [1.29, 1.82) is 0 Å². The van der Waals surface area contributed by atoms with E-state index >= 15 is 0 Å². The minimum absolute atomic E-state index is 0.583. The molecule has 1 aliphatic carbocycles. The van der Waals surface area contributed by atoms with Crippen LogP contribution in [0.25, 0.3) is 67.5 Å². The zero-order chi connectivity index (χ0) is 37.1. The van der Waals surface area contributed by atoms with E-state index in [1.54, 1.807) is 0 Å². The molecule has 9 aromatic rings. The van der Waals surface area contributed by atoms with Crippen LogP contribution in [0.15, 0.2) is 200 Å². The van der Waals surface area contributed by atoms with E-state index in [2.05, 4.69) is 164 Å². The molecular formula is C52H33N3O. The summed E-state index contributed by atoms with van der Waals surface area (Å²) in [5.41, 5.74) is 13.9. The first kappa shape index (κ1) is 32.0. The fourth-order valence-electron chi connectivity index (χ4n) is 8.73. The van der Waals surface area contributed by atoms with Gasteiger partial charge in [0.05, 0.1) is 5.41 Å². The highest BCUT2D eigenvalue weighted by Crippen LogP contribution is 2.63. The molecule has 0 atom stereocenters. The van der Waals surface area contributed by atoms with E-state index in [0.717, 1.165) is 61.6 Å². The molecule has 2 heterocycles. The highest BCUT2D eigenvalue weighted by Gasteiger charge is 2.51. The molecule has 262 valence electrons. The van der Waals surface area contributed by atoms with Crippen LogP contribution in [0, 0.1) is 0 Å². The van der Waals surface area contributed by atoms with E-state index in [1.165, 1.54) is 22.3 Å². The molecule has 0 N–H and O–H groups in total. The van der Waals surface area contributed by atoms with Crippen LogP contribution in [-0.4, -0.2) is 15.0 Å². The summed E-state index contributed by atoms with van der Waals surface area (Å²) in [4.78, 5) is 15.6. The summed E-state index contributed by atoms with van der Waals surface area (Å²) in [6.07, 6.45) is 0. The van der Waals surface area contributed by atoms with Gasteiger partial charge < -0.3 is 4.74 Å². The van der Waals surface area contributed by atoms with E-state index < -0.39 is 5.41 Å². The van der Waals surface area contributed by atoms with Crippen molar-refractivity contribution >= 4 is 0 Å². The summed E-state index contributed by atoms with van der Waals surface area (Å²) in [6.45, 7) is 0. The van der Waals surface area contributed by atoms with Gasteiger partial charge in [-0.1, -0.05) is 188 Å². The van der Waals surface area contributed by atoms with Gasteiger partial charge in [-0.3, -0.25) is 0 Å². The SMILES string of the molecule is c1ccc(-c2ccc(-c3ccc(-c4nc(-c5ccccc5)nc(-c5cccc6c5-c5ccccc5C65c6ccccc6Oc6ccccc65)n4)cc3)cc2)cc1. The molecule has 0 bridgehead atoms. The standard InChI is InChI=1S/C52H33N3O/c1-3-14-34(15-4-1)35-26-28-36(29-27-35)37-30-32-39(33-31-37)50-53-49(38-16-5-2-6-17-38)54-51(55-50)41-19-13-23-45-48(41)40-18-7-8-20-42(40)52(45)43-21-9-11-24-46(43)56-47-25-12-10-22-44(47)52/h1-33H. The van der Waals surface area contributed by atoms with Gasteiger partial charge in [0.2, 0.25) is 0 Å². The third-order valence-corrected chi connectivity index (χ3v) is 11.2. The average Bonchev–Trinajstić information content (AvgIpc) is 3.58. The van der Waals surface area contributed by atoms with E-state index in [-0.39, 0.29) is 0 Å². The summed E-state index contributed by atoms with van der Waals surface area (Å²) < 4.78 is 6.57. The lowest BCUT2D eigenvalue weighted by Crippen LogP contribution is -2.32. The number of hydrogen-bond acceptors (Lipinski definition) is 4. The largest absolute Gasteiger partial charge is 0.457 e. The number of rotatable bonds is 5. The molecule has 0 saturated carbocycles. The zero-order valence-electron chi connectivity index (χ0n) is 30.3. The Labute approximate surface area is 325 Å². The van der Waals surface area contributed by atoms with Gasteiger partial charge in [0, 0.05) is 27.8 Å². The van der Waals surface area contributed by atoms with Crippen LogP contribution in [0.3, 0.4) is 0 Å². The van der Waals surface area contributed by atoms with Crippen LogP contribution >= 0.6 is 0 Å². The number of fused-ring (bicyclic) bond motifs is 9. The van der Waals surface area contributed by atoms with Crippen LogP contribution in [0.1, 0.15) is 22.3 Å². The van der Waals surface area contributed by atoms with Gasteiger partial charge in [-0.2, -0.15) is 0 Å². The molecule has 1 spiro atoms. The Morgan fingerprint density at radius 2 is 0.679 bits per heavy atom. The molecule has 1 aliphatic heterocycles. The number of ether oxygens (including phenoxy) is 1. The van der Waals surface area contributed by atoms with Gasteiger partial charge in [-0.05, 0) is 56.6 Å². The Morgan fingerprint density at radius 1 is 0.286 bits per heavy atom. The second-order valence-electron chi connectivity index (χ2n) is 14.3. The number of nitrogens with zero attached hydrogens (tertiary/aromatic N) is 3. The molecule has 0 saturated heterocycles. The van der Waals surface area contributed by atoms with Gasteiger partial charge in [0.25, 0.3) is 0 Å².